The smallest absolute Gasteiger partial charge is 0.252 e. The molecule has 1 aromatic heterocycles. The molecule has 124 valence electrons. The van der Waals surface area contributed by atoms with E-state index in [9.17, 15) is 4.79 Å². The van der Waals surface area contributed by atoms with Gasteiger partial charge in [-0.25, -0.2) is 0 Å². The van der Waals surface area contributed by atoms with E-state index in [1.807, 2.05) is 31.2 Å². The summed E-state index contributed by atoms with van der Waals surface area (Å²) in [6.07, 6.45) is 1.32. The molecule has 0 fully saturated rings. The van der Waals surface area contributed by atoms with Gasteiger partial charge in [-0.1, -0.05) is 60.2 Å². The number of nitrogens with zero attached hydrogens (tertiary/aromatic N) is 2. The number of hydrogen-bond donors (Lipinski definition) is 0. The zero-order valence-corrected chi connectivity index (χ0v) is 15.2. The minimum atomic E-state index is -0.0920. The standard InChI is InChI=1S/C20H22N2OS/c1-4-16-7-6-8-17-19(16)22(5-2)20(24-17)21-18(23)13-15-11-9-14(3)10-12-15/h6-12H,4-5,13H2,1-3H3. The third kappa shape index (κ3) is 3.34. The van der Waals surface area contributed by atoms with Crippen molar-refractivity contribution in [3.05, 3.63) is 64.0 Å². The summed E-state index contributed by atoms with van der Waals surface area (Å²) in [6, 6.07) is 14.4. The molecule has 0 aliphatic carbocycles. The number of benzene rings is 2. The molecule has 2 aromatic carbocycles. The number of hydrogen-bond acceptors (Lipinski definition) is 2. The van der Waals surface area contributed by atoms with Crippen LogP contribution in [0.2, 0.25) is 0 Å². The molecule has 1 amide bonds. The van der Waals surface area contributed by atoms with Crippen molar-refractivity contribution in [1.29, 1.82) is 0 Å². The average molecular weight is 338 g/mol. The summed E-state index contributed by atoms with van der Waals surface area (Å²) in [5.41, 5.74) is 4.73. The Balaban J connectivity index is 2.00. The highest BCUT2D eigenvalue weighted by atomic mass is 32.1. The van der Waals surface area contributed by atoms with Crippen LogP contribution in [0, 0.1) is 6.92 Å². The van der Waals surface area contributed by atoms with Crippen molar-refractivity contribution in [2.24, 2.45) is 4.99 Å². The molecule has 0 atom stereocenters. The normalized spacial score (nSPS) is 12.0. The van der Waals surface area contributed by atoms with Crippen molar-refractivity contribution in [2.75, 3.05) is 0 Å². The number of fused-ring (bicyclic) bond motifs is 1. The fraction of sp³-hybridized carbons (Fsp3) is 0.300. The fourth-order valence-corrected chi connectivity index (χ4v) is 4.05. The van der Waals surface area contributed by atoms with Crippen LogP contribution in [0.25, 0.3) is 10.2 Å². The van der Waals surface area contributed by atoms with E-state index >= 15 is 0 Å². The van der Waals surface area contributed by atoms with Gasteiger partial charge in [-0.3, -0.25) is 4.79 Å². The lowest BCUT2D eigenvalue weighted by molar-refractivity contribution is -0.117. The third-order valence-electron chi connectivity index (χ3n) is 4.18. The number of carbonyl (C=O) groups is 1. The Labute approximate surface area is 146 Å². The Morgan fingerprint density at radius 2 is 1.88 bits per heavy atom. The molecule has 0 spiro atoms. The molecule has 24 heavy (non-hydrogen) atoms. The Morgan fingerprint density at radius 1 is 1.12 bits per heavy atom. The van der Waals surface area contributed by atoms with Crippen LogP contribution < -0.4 is 4.80 Å². The molecular weight excluding hydrogens is 316 g/mol. The maximum atomic E-state index is 12.4. The lowest BCUT2D eigenvalue weighted by Crippen LogP contribution is -2.17. The van der Waals surface area contributed by atoms with E-state index in [0.29, 0.717) is 6.42 Å². The number of aromatic nitrogens is 1. The minimum absolute atomic E-state index is 0.0920. The molecule has 3 aromatic rings. The zero-order chi connectivity index (χ0) is 17.1. The summed E-state index contributed by atoms with van der Waals surface area (Å²) in [7, 11) is 0. The first-order chi connectivity index (χ1) is 11.6. The highest BCUT2D eigenvalue weighted by Gasteiger charge is 2.10. The molecule has 0 unspecified atom stereocenters. The van der Waals surface area contributed by atoms with Crippen LogP contribution in [0.1, 0.15) is 30.5 Å². The molecule has 4 heteroatoms. The van der Waals surface area contributed by atoms with Crippen molar-refractivity contribution in [3.8, 4) is 0 Å². The Hall–Kier alpha value is -2.20. The van der Waals surface area contributed by atoms with Gasteiger partial charge in [-0.15, -0.1) is 0 Å². The first kappa shape index (κ1) is 16.7. The maximum Gasteiger partial charge on any atom is 0.252 e. The molecule has 1 heterocycles. The molecule has 0 bridgehead atoms. The quantitative estimate of drug-likeness (QED) is 0.700. The number of rotatable bonds is 4. The van der Waals surface area contributed by atoms with Gasteiger partial charge in [0.25, 0.3) is 5.91 Å². The van der Waals surface area contributed by atoms with E-state index < -0.39 is 0 Å². The second kappa shape index (κ2) is 7.14. The van der Waals surface area contributed by atoms with Gasteiger partial charge in [0.15, 0.2) is 4.80 Å². The van der Waals surface area contributed by atoms with Gasteiger partial charge in [-0.2, -0.15) is 4.99 Å². The van der Waals surface area contributed by atoms with Gasteiger partial charge < -0.3 is 4.57 Å². The topological polar surface area (TPSA) is 34.4 Å². The molecule has 3 rings (SSSR count). The van der Waals surface area contributed by atoms with Gasteiger partial charge in [0.1, 0.15) is 0 Å². The molecule has 0 aliphatic rings. The van der Waals surface area contributed by atoms with Crippen LogP contribution in [-0.2, 0) is 24.2 Å². The second-order valence-electron chi connectivity index (χ2n) is 5.91. The highest BCUT2D eigenvalue weighted by Crippen LogP contribution is 2.22. The molecule has 0 saturated heterocycles. The van der Waals surface area contributed by atoms with Crippen LogP contribution in [0.3, 0.4) is 0 Å². The summed E-state index contributed by atoms with van der Waals surface area (Å²) >= 11 is 1.59. The molecule has 0 radical (unpaired) electrons. The van der Waals surface area contributed by atoms with E-state index in [1.54, 1.807) is 11.3 Å². The molecule has 0 aliphatic heterocycles. The Kier molecular flexibility index (Phi) is 4.95. The summed E-state index contributed by atoms with van der Waals surface area (Å²) in [4.78, 5) is 17.6. The molecule has 0 N–H and O–H groups in total. The summed E-state index contributed by atoms with van der Waals surface area (Å²) < 4.78 is 3.35. The third-order valence-corrected chi connectivity index (χ3v) is 5.22. The zero-order valence-electron chi connectivity index (χ0n) is 14.4. The van der Waals surface area contributed by atoms with Crippen molar-refractivity contribution in [1.82, 2.24) is 4.57 Å². The number of carbonyl (C=O) groups excluding carboxylic acids is 1. The van der Waals surface area contributed by atoms with Crippen LogP contribution in [0.5, 0.6) is 0 Å². The predicted octanol–water partition coefficient (Wildman–Crippen LogP) is 4.26. The molecule has 0 saturated carbocycles. The fourth-order valence-electron chi connectivity index (χ4n) is 2.89. The van der Waals surface area contributed by atoms with Crippen LogP contribution in [0.4, 0.5) is 0 Å². The maximum absolute atomic E-state index is 12.4. The van der Waals surface area contributed by atoms with Gasteiger partial charge in [0.2, 0.25) is 0 Å². The van der Waals surface area contributed by atoms with Crippen molar-refractivity contribution >= 4 is 27.5 Å². The van der Waals surface area contributed by atoms with Gasteiger partial charge >= 0.3 is 0 Å². The molecule has 3 nitrogen and oxygen atoms in total. The van der Waals surface area contributed by atoms with Crippen LogP contribution in [-0.4, -0.2) is 10.5 Å². The van der Waals surface area contributed by atoms with E-state index in [1.165, 1.54) is 21.3 Å². The van der Waals surface area contributed by atoms with Crippen molar-refractivity contribution in [2.45, 2.75) is 40.2 Å². The Morgan fingerprint density at radius 3 is 2.54 bits per heavy atom. The van der Waals surface area contributed by atoms with Crippen LogP contribution >= 0.6 is 11.3 Å². The summed E-state index contributed by atoms with van der Waals surface area (Å²) in [6.45, 7) is 7.12. The lowest BCUT2D eigenvalue weighted by Gasteiger charge is -2.05. The van der Waals surface area contributed by atoms with E-state index in [2.05, 4.69) is 41.6 Å². The first-order valence-corrected chi connectivity index (χ1v) is 9.18. The Bertz CT molecular complexity index is 932. The monoisotopic (exact) mass is 338 g/mol. The summed E-state index contributed by atoms with van der Waals surface area (Å²) in [5.74, 6) is -0.0920. The second-order valence-corrected chi connectivity index (χ2v) is 6.92. The van der Waals surface area contributed by atoms with Gasteiger partial charge in [0, 0.05) is 6.54 Å². The predicted molar refractivity (Wildman–Crippen MR) is 100 cm³/mol. The minimum Gasteiger partial charge on any atom is -0.316 e. The number of amides is 1. The largest absolute Gasteiger partial charge is 0.316 e. The van der Waals surface area contributed by atoms with E-state index in [0.717, 1.165) is 23.3 Å². The van der Waals surface area contributed by atoms with Crippen molar-refractivity contribution in [3.63, 3.8) is 0 Å². The number of aryl methyl sites for hydroxylation is 3. The van der Waals surface area contributed by atoms with Crippen LogP contribution in [0.15, 0.2) is 47.5 Å². The van der Waals surface area contributed by atoms with Gasteiger partial charge in [-0.05, 0) is 37.5 Å². The molecular formula is C20H22N2OS. The van der Waals surface area contributed by atoms with Crippen molar-refractivity contribution < 1.29 is 4.79 Å². The van der Waals surface area contributed by atoms with E-state index in [-0.39, 0.29) is 5.91 Å². The van der Waals surface area contributed by atoms with E-state index in [4.69, 9.17) is 0 Å². The van der Waals surface area contributed by atoms with Gasteiger partial charge in [0.05, 0.1) is 16.6 Å². The number of thiazole rings is 1. The lowest BCUT2D eigenvalue weighted by atomic mass is 10.1. The highest BCUT2D eigenvalue weighted by molar-refractivity contribution is 7.16. The number of para-hydroxylation sites is 1. The SMILES string of the molecule is CCc1cccc2sc(=NC(=O)Cc3ccc(C)cc3)n(CC)c12. The first-order valence-electron chi connectivity index (χ1n) is 8.36. The average Bonchev–Trinajstić information content (AvgIpc) is 2.93. The summed E-state index contributed by atoms with van der Waals surface area (Å²) in [5, 5.41) is 0.